The molecule has 149 heavy (non-hydrogen) atoms. The summed E-state index contributed by atoms with van der Waals surface area (Å²) in [7, 11) is 0. The third-order valence-electron chi connectivity index (χ3n) is 23.5. The monoisotopic (exact) mass is 2090 g/mol. The number of aliphatic hydroxyl groups excluding tert-OH is 5. The summed E-state index contributed by atoms with van der Waals surface area (Å²) in [5, 5.41) is 113. The number of carboxylic acids is 1. The smallest absolute Gasteiger partial charge is 0.300 e. The normalized spacial score (nSPS) is 17.9. The van der Waals surface area contributed by atoms with Crippen LogP contribution in [0.15, 0.2) is 393 Å². The summed E-state index contributed by atoms with van der Waals surface area (Å²) in [5.41, 5.74) is 6.45. The number of hydrogen-bond donors (Lipinski definition) is 11. The summed E-state index contributed by atoms with van der Waals surface area (Å²) in [5.74, 6) is -10.00. The van der Waals surface area contributed by atoms with Crippen LogP contribution < -0.4 is 24.5 Å². The van der Waals surface area contributed by atoms with Crippen molar-refractivity contribution in [1.29, 1.82) is 0 Å². The highest BCUT2D eigenvalue weighted by Crippen LogP contribution is 2.50. The van der Waals surface area contributed by atoms with Gasteiger partial charge in [0.15, 0.2) is 0 Å². The van der Waals surface area contributed by atoms with Gasteiger partial charge >= 0.3 is 0 Å². The molecular formula is C112H79Cl5N10O22. The molecule has 0 radical (unpaired) electrons. The van der Waals surface area contributed by atoms with Gasteiger partial charge in [-0.25, -0.2) is 0 Å². The van der Waals surface area contributed by atoms with Crippen LogP contribution in [0, 0.1) is 0 Å². The first kappa shape index (κ1) is 105. The van der Waals surface area contributed by atoms with E-state index in [2.05, 4.69) is 24.9 Å². The van der Waals surface area contributed by atoms with Crippen molar-refractivity contribution in [3.63, 3.8) is 0 Å². The fourth-order valence-corrected chi connectivity index (χ4v) is 17.3. The average molecular weight is 2090 g/mol. The maximum absolute atomic E-state index is 12.9. The quantitative estimate of drug-likeness (QED) is 0.0258. The second kappa shape index (κ2) is 46.3. The van der Waals surface area contributed by atoms with Crippen molar-refractivity contribution < 1.29 is 109 Å². The van der Waals surface area contributed by atoms with Gasteiger partial charge < -0.3 is 56.2 Å². The van der Waals surface area contributed by atoms with Gasteiger partial charge in [0.1, 0.15) is 57.5 Å². The number of hydrogen-bond acceptors (Lipinski definition) is 26. The van der Waals surface area contributed by atoms with Crippen LogP contribution >= 0.6 is 58.0 Å². The van der Waals surface area contributed by atoms with Gasteiger partial charge in [0.2, 0.25) is 0 Å². The van der Waals surface area contributed by atoms with Gasteiger partial charge in [-0.3, -0.25) is 102 Å². The zero-order valence-electron chi connectivity index (χ0n) is 77.3. The summed E-state index contributed by atoms with van der Waals surface area (Å²) in [6, 6.07) is 74.4. The fourth-order valence-electron chi connectivity index (χ4n) is 16.7. The molecule has 5 fully saturated rings. The van der Waals surface area contributed by atoms with Gasteiger partial charge in [-0.1, -0.05) is 119 Å². The van der Waals surface area contributed by atoms with E-state index in [0.29, 0.717) is 109 Å². The number of aliphatic hydroxyl groups is 5. The molecule has 10 aromatic carbocycles. The Kier molecular flexibility index (Phi) is 32.5. The average Bonchev–Trinajstić information content (AvgIpc) is 1.62. The van der Waals surface area contributed by atoms with Gasteiger partial charge in [-0.2, -0.15) is 0 Å². The predicted octanol–water partition coefficient (Wildman–Crippen LogP) is 20.4. The number of phenols is 5. The molecule has 37 heteroatoms. The van der Waals surface area contributed by atoms with Crippen LogP contribution in [0.4, 0.5) is 28.4 Å². The van der Waals surface area contributed by atoms with E-state index in [4.69, 9.17) is 67.9 Å². The first-order valence-electron chi connectivity index (χ1n) is 44.6. The lowest BCUT2D eigenvalue weighted by Crippen LogP contribution is -2.29. The molecule has 5 saturated heterocycles. The maximum atomic E-state index is 12.9. The molecule has 0 aliphatic carbocycles. The Balaban J connectivity index is 0.000000138. The topological polar surface area (TPSA) is 491 Å². The van der Waals surface area contributed by atoms with E-state index in [1.54, 1.807) is 274 Å². The number of carbonyl (C=O) groups is 11. The molecule has 5 unspecified atom stereocenters. The summed E-state index contributed by atoms with van der Waals surface area (Å²) in [6.07, 6.45) is 15.2. The van der Waals surface area contributed by atoms with Crippen molar-refractivity contribution >= 4 is 180 Å². The van der Waals surface area contributed by atoms with E-state index in [1.165, 1.54) is 116 Å². The molecule has 10 heterocycles. The Hall–Kier alpha value is -18.7. The zero-order valence-corrected chi connectivity index (χ0v) is 81.1. The number of aliphatic carboxylic acids is 1. The van der Waals surface area contributed by atoms with Crippen molar-refractivity contribution in [3.05, 3.63) is 474 Å². The number of pyridine rings is 5. The summed E-state index contributed by atoms with van der Waals surface area (Å²) >= 11 is 29.6. The van der Waals surface area contributed by atoms with Crippen molar-refractivity contribution in [3.8, 4) is 28.7 Å². The highest BCUT2D eigenvalue weighted by atomic mass is 35.5. The molecule has 5 aliphatic heterocycles. The van der Waals surface area contributed by atoms with E-state index < -0.39 is 94.6 Å². The molecule has 32 nitrogen and oxygen atoms in total. The lowest BCUT2D eigenvalue weighted by Gasteiger charge is -2.25. The second-order valence-electron chi connectivity index (χ2n) is 32.9. The standard InChI is InChI=1S/5C22H15ClN2O4.C2H4O2/c5*23-15-7-3-14(4-8-15)20(27)18-19(13-5-9-17(26)10-6-13)25(22(29)21(18)28)16-2-1-11-24-12-16;1-2(3)4/h5*1-12,19,26-27H;1H3,(H,3,4)/b5*20-18+;. The van der Waals surface area contributed by atoms with Crippen LogP contribution in [-0.2, 0) is 52.7 Å². The third kappa shape index (κ3) is 23.1. The molecule has 15 aromatic rings. The minimum atomic E-state index is -0.879. The van der Waals surface area contributed by atoms with E-state index in [1.807, 2.05) is 0 Å². The maximum Gasteiger partial charge on any atom is 0.300 e. The van der Waals surface area contributed by atoms with Gasteiger partial charge in [0, 0.05) is 90.8 Å². The third-order valence-corrected chi connectivity index (χ3v) is 24.7. The van der Waals surface area contributed by atoms with Crippen molar-refractivity contribution in [2.45, 2.75) is 37.1 Å². The van der Waals surface area contributed by atoms with Crippen LogP contribution in [0.25, 0.3) is 28.8 Å². The number of nitrogens with zero attached hydrogens (tertiary/aromatic N) is 10. The Morgan fingerprint density at radius 2 is 0.356 bits per heavy atom. The van der Waals surface area contributed by atoms with Crippen molar-refractivity contribution in [2.24, 2.45) is 0 Å². The van der Waals surface area contributed by atoms with E-state index >= 15 is 0 Å². The van der Waals surface area contributed by atoms with E-state index in [-0.39, 0.29) is 85.4 Å². The fraction of sp³-hybridized carbons (Fsp3) is 0.0536. The largest absolute Gasteiger partial charge is 0.508 e. The number of carbonyl (C=O) groups excluding carboxylic acids is 10. The number of amides is 5. The summed E-state index contributed by atoms with van der Waals surface area (Å²) in [4.78, 5) is 165. The summed E-state index contributed by atoms with van der Waals surface area (Å²) in [6.45, 7) is 1.08. The molecule has 0 spiro atoms. The number of phenolic OH excluding ortho intramolecular Hbond substituents is 5. The second-order valence-corrected chi connectivity index (χ2v) is 35.1. The number of halogens is 5. The van der Waals surface area contributed by atoms with Gasteiger partial charge in [-0.05, 0) is 270 Å². The van der Waals surface area contributed by atoms with Crippen LogP contribution in [-0.4, -0.2) is 146 Å². The number of aromatic hydroxyl groups is 5. The molecule has 0 saturated carbocycles. The number of carboxylic acid groups (broad SMARTS) is 1. The highest BCUT2D eigenvalue weighted by molar-refractivity contribution is 6.55. The van der Waals surface area contributed by atoms with Gasteiger partial charge in [0.05, 0.1) is 117 Å². The molecular weight excluding hydrogens is 2010 g/mol. The lowest BCUT2D eigenvalue weighted by molar-refractivity contribution is -0.134. The first-order chi connectivity index (χ1) is 71.6. The Bertz CT molecular complexity index is 6730. The molecule has 5 amide bonds. The van der Waals surface area contributed by atoms with E-state index in [9.17, 15) is 99.0 Å². The van der Waals surface area contributed by atoms with Crippen LogP contribution in [0.1, 0.15) is 92.8 Å². The molecule has 5 aromatic heterocycles. The number of ketones is 5. The number of Topliss-reactive ketones (excluding diaryl/α,β-unsaturated/α-hetero) is 5. The van der Waals surface area contributed by atoms with E-state index in [0.717, 1.165) is 6.92 Å². The summed E-state index contributed by atoms with van der Waals surface area (Å²) < 4.78 is 0. The highest BCUT2D eigenvalue weighted by Gasteiger charge is 2.53. The zero-order chi connectivity index (χ0) is 106. The molecule has 5 aliphatic rings. The van der Waals surface area contributed by atoms with Crippen molar-refractivity contribution in [1.82, 2.24) is 24.9 Å². The molecule has 11 N–H and O–H groups in total. The Morgan fingerprint density at radius 3 is 0.477 bits per heavy atom. The first-order valence-corrected chi connectivity index (χ1v) is 46.5. The number of rotatable bonds is 15. The Morgan fingerprint density at radius 1 is 0.221 bits per heavy atom. The molecule has 0 bridgehead atoms. The number of benzene rings is 10. The minimum Gasteiger partial charge on any atom is -0.508 e. The van der Waals surface area contributed by atoms with Gasteiger partial charge in [0.25, 0.3) is 64.4 Å². The van der Waals surface area contributed by atoms with Crippen molar-refractivity contribution in [2.75, 3.05) is 24.5 Å². The minimum absolute atomic E-state index is 0.0461. The number of anilines is 5. The number of aromatic nitrogens is 5. The molecule has 20 rings (SSSR count). The Labute approximate surface area is 872 Å². The van der Waals surface area contributed by atoms with Gasteiger partial charge in [-0.15, -0.1) is 0 Å². The lowest BCUT2D eigenvalue weighted by atomic mass is 9.95. The van der Waals surface area contributed by atoms with Crippen LogP contribution in [0.3, 0.4) is 0 Å². The predicted molar refractivity (Wildman–Crippen MR) is 556 cm³/mol. The van der Waals surface area contributed by atoms with Crippen LogP contribution in [0.5, 0.6) is 28.7 Å². The van der Waals surface area contributed by atoms with Crippen LogP contribution in [0.2, 0.25) is 25.1 Å². The molecule has 744 valence electrons. The molecule has 5 atom stereocenters. The SMILES string of the molecule is CC(=O)O.O=C1C(=O)N(c2cccnc2)C(c2ccc(O)cc2)/C1=C(\O)c1ccc(Cl)cc1.O=C1C(=O)N(c2cccnc2)C(c2ccc(O)cc2)/C1=C(\O)c1ccc(Cl)cc1.O=C1C(=O)N(c2cccnc2)C(c2ccc(O)cc2)/C1=C(\O)c1ccc(Cl)cc1.O=C1C(=O)N(c2cccnc2)C(c2ccc(O)cc2)/C1=C(\O)c1ccc(Cl)cc1.O=C1C(=O)N(c2cccnc2)C(c2ccc(O)cc2)/C1=C(\O)c1ccc(Cl)cc1.